The van der Waals surface area contributed by atoms with E-state index in [1.165, 1.54) is 12.7 Å². The lowest BCUT2D eigenvalue weighted by molar-refractivity contribution is 0.0601. The fourth-order valence-corrected chi connectivity index (χ4v) is 2.02. The highest BCUT2D eigenvalue weighted by Gasteiger charge is 2.08. The van der Waals surface area contributed by atoms with E-state index in [0.29, 0.717) is 11.3 Å². The molecular formula is C16H18N2O2. The van der Waals surface area contributed by atoms with Crippen molar-refractivity contribution in [2.75, 3.05) is 18.2 Å². The maximum Gasteiger partial charge on any atom is 0.337 e. The predicted octanol–water partition coefficient (Wildman–Crippen LogP) is 3.42. The van der Waals surface area contributed by atoms with Gasteiger partial charge in [-0.1, -0.05) is 17.7 Å². The van der Waals surface area contributed by atoms with Gasteiger partial charge >= 0.3 is 5.97 Å². The van der Waals surface area contributed by atoms with Crippen molar-refractivity contribution in [1.29, 1.82) is 0 Å². The van der Waals surface area contributed by atoms with Crippen molar-refractivity contribution in [2.24, 2.45) is 0 Å². The van der Waals surface area contributed by atoms with Gasteiger partial charge in [-0.25, -0.2) is 4.79 Å². The number of carbonyl (C=O) groups excluding carboxylic acids is 1. The number of nitrogens with two attached hydrogens (primary N) is 1. The van der Waals surface area contributed by atoms with Gasteiger partial charge in [-0.3, -0.25) is 0 Å². The molecular weight excluding hydrogens is 252 g/mol. The van der Waals surface area contributed by atoms with E-state index in [-0.39, 0.29) is 0 Å². The normalized spacial score (nSPS) is 10.2. The molecule has 2 aromatic carbocycles. The van der Waals surface area contributed by atoms with Crippen LogP contribution >= 0.6 is 0 Å². The highest BCUT2D eigenvalue weighted by Crippen LogP contribution is 2.26. The molecule has 20 heavy (non-hydrogen) atoms. The number of aryl methyl sites for hydroxylation is 2. The number of hydrogen-bond donors (Lipinski definition) is 2. The molecule has 0 radical (unpaired) electrons. The number of anilines is 3. The van der Waals surface area contributed by atoms with E-state index in [9.17, 15) is 4.79 Å². The van der Waals surface area contributed by atoms with Gasteiger partial charge in [-0.15, -0.1) is 0 Å². The average molecular weight is 270 g/mol. The molecule has 3 N–H and O–H groups in total. The van der Waals surface area contributed by atoms with Gasteiger partial charge in [0.15, 0.2) is 0 Å². The van der Waals surface area contributed by atoms with Crippen LogP contribution in [-0.2, 0) is 4.74 Å². The van der Waals surface area contributed by atoms with Crippen molar-refractivity contribution < 1.29 is 9.53 Å². The molecule has 0 aliphatic rings. The molecule has 0 unspecified atom stereocenters. The molecule has 0 saturated carbocycles. The first-order valence-electron chi connectivity index (χ1n) is 6.33. The first kappa shape index (κ1) is 13.9. The Hall–Kier alpha value is -2.49. The molecule has 0 saturated heterocycles. The van der Waals surface area contributed by atoms with E-state index in [2.05, 4.69) is 23.0 Å². The number of nitrogens with one attached hydrogen (secondary N) is 1. The number of esters is 1. The Balaban J connectivity index is 2.28. The number of nitrogen functional groups attached to an aromatic ring is 1. The Kier molecular flexibility index (Phi) is 3.94. The lowest BCUT2D eigenvalue weighted by Gasteiger charge is -2.13. The van der Waals surface area contributed by atoms with E-state index in [0.717, 1.165) is 16.9 Å². The third-order valence-corrected chi connectivity index (χ3v) is 3.12. The number of methoxy groups -OCH3 is 1. The van der Waals surface area contributed by atoms with Crippen LogP contribution in [0.25, 0.3) is 0 Å². The summed E-state index contributed by atoms with van der Waals surface area (Å²) in [5.74, 6) is -0.394. The Morgan fingerprint density at radius 3 is 2.40 bits per heavy atom. The van der Waals surface area contributed by atoms with Gasteiger partial charge in [-0.05, 0) is 43.7 Å². The second-order valence-electron chi connectivity index (χ2n) is 4.74. The SMILES string of the molecule is COC(=O)c1ccc(Nc2ccc(C)cc2C)c(N)c1. The molecule has 2 rings (SSSR count). The Labute approximate surface area is 118 Å². The second-order valence-corrected chi connectivity index (χ2v) is 4.74. The van der Waals surface area contributed by atoms with Gasteiger partial charge in [0.25, 0.3) is 0 Å². The minimum Gasteiger partial charge on any atom is -0.465 e. The fraction of sp³-hybridized carbons (Fsp3) is 0.188. The largest absolute Gasteiger partial charge is 0.465 e. The Morgan fingerprint density at radius 2 is 1.80 bits per heavy atom. The van der Waals surface area contributed by atoms with Gasteiger partial charge < -0.3 is 15.8 Å². The van der Waals surface area contributed by atoms with E-state index >= 15 is 0 Å². The maximum absolute atomic E-state index is 11.4. The van der Waals surface area contributed by atoms with Crippen LogP contribution in [0.1, 0.15) is 21.5 Å². The average Bonchev–Trinajstić information content (AvgIpc) is 2.42. The molecule has 0 bridgehead atoms. The Morgan fingerprint density at radius 1 is 1.10 bits per heavy atom. The number of ether oxygens (including phenoxy) is 1. The zero-order chi connectivity index (χ0) is 14.7. The van der Waals surface area contributed by atoms with Crippen LogP contribution in [0.15, 0.2) is 36.4 Å². The monoisotopic (exact) mass is 270 g/mol. The van der Waals surface area contributed by atoms with Gasteiger partial charge in [0.2, 0.25) is 0 Å². The van der Waals surface area contributed by atoms with Crippen molar-refractivity contribution in [3.63, 3.8) is 0 Å². The topological polar surface area (TPSA) is 64.3 Å². The summed E-state index contributed by atoms with van der Waals surface area (Å²) in [4.78, 5) is 11.4. The van der Waals surface area contributed by atoms with Gasteiger partial charge in [0.05, 0.1) is 24.0 Å². The second kappa shape index (κ2) is 5.65. The first-order valence-corrected chi connectivity index (χ1v) is 6.33. The number of rotatable bonds is 3. The molecule has 0 aromatic heterocycles. The predicted molar refractivity (Wildman–Crippen MR) is 81.4 cm³/mol. The van der Waals surface area contributed by atoms with Crippen LogP contribution in [0.3, 0.4) is 0 Å². The van der Waals surface area contributed by atoms with Crippen LogP contribution in [0.4, 0.5) is 17.1 Å². The summed E-state index contributed by atoms with van der Waals surface area (Å²) in [5.41, 5.74) is 11.0. The summed E-state index contributed by atoms with van der Waals surface area (Å²) in [7, 11) is 1.35. The van der Waals surface area contributed by atoms with Crippen LogP contribution < -0.4 is 11.1 Å². The highest BCUT2D eigenvalue weighted by atomic mass is 16.5. The van der Waals surface area contributed by atoms with E-state index in [1.807, 2.05) is 19.1 Å². The summed E-state index contributed by atoms with van der Waals surface area (Å²) in [6.45, 7) is 4.09. The minimum atomic E-state index is -0.394. The lowest BCUT2D eigenvalue weighted by atomic mass is 10.1. The van der Waals surface area contributed by atoms with Crippen molar-refractivity contribution in [1.82, 2.24) is 0 Å². The quantitative estimate of drug-likeness (QED) is 0.662. The molecule has 104 valence electrons. The van der Waals surface area contributed by atoms with Crippen molar-refractivity contribution in [3.05, 3.63) is 53.1 Å². The zero-order valence-corrected chi connectivity index (χ0v) is 11.9. The van der Waals surface area contributed by atoms with E-state index in [1.54, 1.807) is 18.2 Å². The lowest BCUT2D eigenvalue weighted by Crippen LogP contribution is -2.04. The molecule has 0 heterocycles. The number of benzene rings is 2. The number of hydrogen-bond acceptors (Lipinski definition) is 4. The maximum atomic E-state index is 11.4. The molecule has 0 spiro atoms. The third kappa shape index (κ3) is 2.91. The molecule has 0 aliphatic heterocycles. The number of carbonyl (C=O) groups is 1. The van der Waals surface area contributed by atoms with Crippen LogP contribution in [0.5, 0.6) is 0 Å². The van der Waals surface area contributed by atoms with Gasteiger partial charge in [0.1, 0.15) is 0 Å². The van der Waals surface area contributed by atoms with Crippen molar-refractivity contribution in [2.45, 2.75) is 13.8 Å². The molecule has 4 nitrogen and oxygen atoms in total. The Bertz CT molecular complexity index is 651. The molecule has 0 amide bonds. The van der Waals surface area contributed by atoms with Crippen LogP contribution in [0, 0.1) is 13.8 Å². The molecule has 0 fully saturated rings. The summed E-state index contributed by atoms with van der Waals surface area (Å²) < 4.78 is 4.67. The minimum absolute atomic E-state index is 0.394. The summed E-state index contributed by atoms with van der Waals surface area (Å²) in [5, 5.41) is 3.27. The van der Waals surface area contributed by atoms with Gasteiger partial charge in [-0.2, -0.15) is 0 Å². The van der Waals surface area contributed by atoms with Gasteiger partial charge in [0, 0.05) is 5.69 Å². The highest BCUT2D eigenvalue weighted by molar-refractivity contribution is 5.92. The smallest absolute Gasteiger partial charge is 0.337 e. The fourth-order valence-electron chi connectivity index (χ4n) is 2.02. The first-order chi connectivity index (χ1) is 9.51. The van der Waals surface area contributed by atoms with Crippen LogP contribution in [0.2, 0.25) is 0 Å². The standard InChI is InChI=1S/C16H18N2O2/c1-10-4-6-14(11(2)8-10)18-15-7-5-12(9-13(15)17)16(19)20-3/h4-9,18H,17H2,1-3H3. The third-order valence-electron chi connectivity index (χ3n) is 3.12. The molecule has 4 heteroatoms. The molecule has 2 aromatic rings. The van der Waals surface area contributed by atoms with Crippen LogP contribution in [-0.4, -0.2) is 13.1 Å². The summed E-state index contributed by atoms with van der Waals surface area (Å²) in [6.07, 6.45) is 0. The zero-order valence-electron chi connectivity index (χ0n) is 11.9. The van der Waals surface area contributed by atoms with E-state index in [4.69, 9.17) is 5.73 Å². The van der Waals surface area contributed by atoms with Crippen molar-refractivity contribution in [3.8, 4) is 0 Å². The van der Waals surface area contributed by atoms with E-state index < -0.39 is 5.97 Å². The molecule has 0 aliphatic carbocycles. The molecule has 0 atom stereocenters. The summed E-state index contributed by atoms with van der Waals surface area (Å²) in [6, 6.07) is 11.2. The van der Waals surface area contributed by atoms with Crippen molar-refractivity contribution >= 4 is 23.0 Å². The summed E-state index contributed by atoms with van der Waals surface area (Å²) >= 11 is 0.